The van der Waals surface area contributed by atoms with Crippen LogP contribution >= 0.6 is 0 Å². The fourth-order valence-corrected chi connectivity index (χ4v) is 3.39. The highest BCUT2D eigenvalue weighted by Gasteiger charge is 2.20. The van der Waals surface area contributed by atoms with Crippen LogP contribution in [-0.4, -0.2) is 54.4 Å². The van der Waals surface area contributed by atoms with E-state index in [9.17, 15) is 4.79 Å². The zero-order valence-electron chi connectivity index (χ0n) is 19.6. The van der Waals surface area contributed by atoms with Crippen LogP contribution in [0.15, 0.2) is 53.1 Å². The number of carbonyl (C=O) groups is 1. The minimum Gasteiger partial charge on any atom is -0.493 e. The van der Waals surface area contributed by atoms with Gasteiger partial charge in [-0.15, -0.1) is 0 Å². The molecule has 0 aliphatic heterocycles. The molecule has 3 aromatic rings. The minimum atomic E-state index is -0.0556. The van der Waals surface area contributed by atoms with Crippen molar-refractivity contribution in [2.45, 2.75) is 39.3 Å². The number of benzene rings is 2. The van der Waals surface area contributed by atoms with Gasteiger partial charge in [0, 0.05) is 24.6 Å². The van der Waals surface area contributed by atoms with Gasteiger partial charge in [-0.1, -0.05) is 42.4 Å². The van der Waals surface area contributed by atoms with E-state index in [1.807, 2.05) is 48.2 Å². The predicted octanol–water partition coefficient (Wildman–Crippen LogP) is 4.14. The standard InChI is InChI=1S/C25H31N3O5/c1-5-18(2)28(24(29)17-32-16-19-9-7-6-8-10-19)14-13-23-26-25(27-33-23)20-11-12-21(30-3)22(15-20)31-4/h6-12,15,18H,5,13-14,16-17H2,1-4H3/t18-/m0/s1. The highest BCUT2D eigenvalue weighted by molar-refractivity contribution is 5.77. The normalized spacial score (nSPS) is 11.8. The molecule has 1 aromatic heterocycles. The van der Waals surface area contributed by atoms with E-state index < -0.39 is 0 Å². The number of ether oxygens (including phenoxy) is 3. The molecule has 3 rings (SSSR count). The van der Waals surface area contributed by atoms with E-state index in [2.05, 4.69) is 17.1 Å². The Morgan fingerprint density at radius 1 is 1.09 bits per heavy atom. The first-order valence-electron chi connectivity index (χ1n) is 11.0. The number of aromatic nitrogens is 2. The molecular formula is C25H31N3O5. The van der Waals surface area contributed by atoms with Gasteiger partial charge in [-0.2, -0.15) is 4.98 Å². The molecule has 8 heteroatoms. The van der Waals surface area contributed by atoms with E-state index in [4.69, 9.17) is 18.7 Å². The highest BCUT2D eigenvalue weighted by Crippen LogP contribution is 2.31. The molecule has 0 unspecified atom stereocenters. The van der Waals surface area contributed by atoms with Gasteiger partial charge >= 0.3 is 0 Å². The molecule has 0 saturated heterocycles. The summed E-state index contributed by atoms with van der Waals surface area (Å²) >= 11 is 0. The van der Waals surface area contributed by atoms with Crippen LogP contribution in [0.1, 0.15) is 31.7 Å². The molecule has 1 atom stereocenters. The van der Waals surface area contributed by atoms with Crippen molar-refractivity contribution in [1.82, 2.24) is 15.0 Å². The monoisotopic (exact) mass is 453 g/mol. The number of amides is 1. The highest BCUT2D eigenvalue weighted by atomic mass is 16.5. The number of hydrogen-bond acceptors (Lipinski definition) is 7. The average molecular weight is 454 g/mol. The van der Waals surface area contributed by atoms with E-state index in [1.165, 1.54) is 0 Å². The largest absolute Gasteiger partial charge is 0.493 e. The lowest BCUT2D eigenvalue weighted by molar-refractivity contribution is -0.138. The fraction of sp³-hybridized carbons (Fsp3) is 0.400. The molecule has 176 valence electrons. The molecule has 0 radical (unpaired) electrons. The molecule has 1 amide bonds. The van der Waals surface area contributed by atoms with Crippen LogP contribution in [-0.2, 0) is 22.6 Å². The van der Waals surface area contributed by atoms with Crippen molar-refractivity contribution in [3.63, 3.8) is 0 Å². The van der Waals surface area contributed by atoms with E-state index in [1.54, 1.807) is 26.4 Å². The molecule has 33 heavy (non-hydrogen) atoms. The van der Waals surface area contributed by atoms with Crippen LogP contribution in [0, 0.1) is 0 Å². The summed E-state index contributed by atoms with van der Waals surface area (Å²) in [4.78, 5) is 19.1. The lowest BCUT2D eigenvalue weighted by Gasteiger charge is -2.28. The lowest BCUT2D eigenvalue weighted by Crippen LogP contribution is -2.41. The first-order valence-corrected chi connectivity index (χ1v) is 11.0. The average Bonchev–Trinajstić information content (AvgIpc) is 3.33. The molecule has 2 aromatic carbocycles. The van der Waals surface area contributed by atoms with Crippen LogP contribution in [0.5, 0.6) is 11.5 Å². The summed E-state index contributed by atoms with van der Waals surface area (Å²) in [5.74, 6) is 2.08. The third kappa shape index (κ3) is 6.55. The van der Waals surface area contributed by atoms with Crippen molar-refractivity contribution in [3.05, 3.63) is 60.0 Å². The predicted molar refractivity (Wildman–Crippen MR) is 124 cm³/mol. The van der Waals surface area contributed by atoms with Crippen LogP contribution in [0.25, 0.3) is 11.4 Å². The van der Waals surface area contributed by atoms with E-state index in [-0.39, 0.29) is 18.6 Å². The molecule has 0 bridgehead atoms. The van der Waals surface area contributed by atoms with Crippen molar-refractivity contribution < 1.29 is 23.5 Å². The molecule has 0 aliphatic rings. The third-order valence-corrected chi connectivity index (χ3v) is 5.46. The molecule has 0 fully saturated rings. The van der Waals surface area contributed by atoms with Gasteiger partial charge in [0.2, 0.25) is 17.6 Å². The summed E-state index contributed by atoms with van der Waals surface area (Å²) in [6.45, 7) is 4.98. The Morgan fingerprint density at radius 2 is 1.85 bits per heavy atom. The lowest BCUT2D eigenvalue weighted by atomic mass is 10.2. The molecular weight excluding hydrogens is 422 g/mol. The Labute approximate surface area is 194 Å². The molecule has 0 aliphatic carbocycles. The summed E-state index contributed by atoms with van der Waals surface area (Å²) in [5.41, 5.74) is 1.79. The maximum atomic E-state index is 12.8. The van der Waals surface area contributed by atoms with Crippen molar-refractivity contribution in [2.24, 2.45) is 0 Å². The van der Waals surface area contributed by atoms with Gasteiger partial charge in [-0.25, -0.2) is 0 Å². The fourth-order valence-electron chi connectivity index (χ4n) is 3.39. The SMILES string of the molecule is CC[C@H](C)N(CCc1nc(-c2ccc(OC)c(OC)c2)no1)C(=O)COCc1ccccc1. The maximum Gasteiger partial charge on any atom is 0.248 e. The maximum absolute atomic E-state index is 12.8. The summed E-state index contributed by atoms with van der Waals surface area (Å²) in [6.07, 6.45) is 1.29. The number of rotatable bonds is 12. The van der Waals surface area contributed by atoms with Crippen molar-refractivity contribution in [1.29, 1.82) is 0 Å². The number of methoxy groups -OCH3 is 2. The van der Waals surface area contributed by atoms with Gasteiger partial charge in [0.05, 0.1) is 20.8 Å². The van der Waals surface area contributed by atoms with Crippen molar-refractivity contribution in [2.75, 3.05) is 27.4 Å². The summed E-state index contributed by atoms with van der Waals surface area (Å²) < 4.78 is 21.7. The Balaban J connectivity index is 1.60. The molecule has 0 N–H and O–H groups in total. The van der Waals surface area contributed by atoms with E-state index in [0.29, 0.717) is 42.8 Å². The Hall–Kier alpha value is -3.39. The van der Waals surface area contributed by atoms with E-state index >= 15 is 0 Å². The first kappa shape index (κ1) is 24.3. The minimum absolute atomic E-state index is 0.0277. The van der Waals surface area contributed by atoms with Crippen LogP contribution in [0.3, 0.4) is 0 Å². The third-order valence-electron chi connectivity index (χ3n) is 5.46. The van der Waals surface area contributed by atoms with Gasteiger partial charge in [0.1, 0.15) is 6.61 Å². The molecule has 0 spiro atoms. The Kier molecular flexibility index (Phi) is 8.83. The second kappa shape index (κ2) is 12.0. The topological polar surface area (TPSA) is 86.9 Å². The Morgan fingerprint density at radius 3 is 2.55 bits per heavy atom. The van der Waals surface area contributed by atoms with Crippen molar-refractivity contribution >= 4 is 5.91 Å². The second-order valence-corrected chi connectivity index (χ2v) is 7.65. The van der Waals surface area contributed by atoms with Crippen molar-refractivity contribution in [3.8, 4) is 22.9 Å². The number of carbonyl (C=O) groups excluding carboxylic acids is 1. The molecule has 0 saturated carbocycles. The zero-order valence-corrected chi connectivity index (χ0v) is 19.6. The van der Waals surface area contributed by atoms with E-state index in [0.717, 1.165) is 17.5 Å². The number of hydrogen-bond donors (Lipinski definition) is 0. The van der Waals surface area contributed by atoms with Gasteiger partial charge < -0.3 is 23.6 Å². The molecule has 1 heterocycles. The number of nitrogens with zero attached hydrogens (tertiary/aromatic N) is 3. The van der Waals surface area contributed by atoms with Gasteiger partial charge in [0.15, 0.2) is 11.5 Å². The van der Waals surface area contributed by atoms with Gasteiger partial charge in [-0.3, -0.25) is 4.79 Å². The smallest absolute Gasteiger partial charge is 0.248 e. The summed E-state index contributed by atoms with van der Waals surface area (Å²) in [6, 6.07) is 15.3. The zero-order chi connectivity index (χ0) is 23.6. The van der Waals surface area contributed by atoms with Gasteiger partial charge in [-0.05, 0) is 37.1 Å². The summed E-state index contributed by atoms with van der Waals surface area (Å²) in [7, 11) is 3.16. The summed E-state index contributed by atoms with van der Waals surface area (Å²) in [5, 5.41) is 4.08. The van der Waals surface area contributed by atoms with Gasteiger partial charge in [0.25, 0.3) is 0 Å². The quantitative estimate of drug-likeness (QED) is 0.407. The Bertz CT molecular complexity index is 1020. The van der Waals surface area contributed by atoms with Crippen LogP contribution in [0.4, 0.5) is 0 Å². The molecule has 8 nitrogen and oxygen atoms in total. The first-order chi connectivity index (χ1) is 16.0. The van der Waals surface area contributed by atoms with Crippen LogP contribution < -0.4 is 9.47 Å². The second-order valence-electron chi connectivity index (χ2n) is 7.65. The van der Waals surface area contributed by atoms with Crippen LogP contribution in [0.2, 0.25) is 0 Å².